The molecule has 22 heavy (non-hydrogen) atoms. The number of hydrogen-bond donors (Lipinski definition) is 1. The Kier molecular flexibility index (Phi) is 4.39. The van der Waals surface area contributed by atoms with Crippen molar-refractivity contribution in [3.63, 3.8) is 0 Å². The molecule has 1 amide bonds. The van der Waals surface area contributed by atoms with Crippen LogP contribution >= 0.6 is 0 Å². The summed E-state index contributed by atoms with van der Waals surface area (Å²) >= 11 is 0. The summed E-state index contributed by atoms with van der Waals surface area (Å²) in [4.78, 5) is 16.8. The molecule has 1 atom stereocenters. The van der Waals surface area contributed by atoms with Crippen LogP contribution < -0.4 is 10.2 Å². The Morgan fingerprint density at radius 1 is 1.27 bits per heavy atom. The van der Waals surface area contributed by atoms with Crippen molar-refractivity contribution >= 4 is 6.41 Å². The number of benzene rings is 2. The highest BCUT2D eigenvalue weighted by atomic mass is 16.7. The number of nitrogens with one attached hydrogen (secondary N) is 1. The summed E-state index contributed by atoms with van der Waals surface area (Å²) < 4.78 is 0. The van der Waals surface area contributed by atoms with Gasteiger partial charge >= 0.3 is 0 Å². The first-order valence-electron chi connectivity index (χ1n) is 7.54. The van der Waals surface area contributed by atoms with Gasteiger partial charge in [0.15, 0.2) is 0 Å². The zero-order chi connectivity index (χ0) is 15.4. The fourth-order valence-electron chi connectivity index (χ4n) is 2.92. The predicted molar refractivity (Wildman–Crippen MR) is 85.5 cm³/mol. The Morgan fingerprint density at radius 2 is 2.14 bits per heavy atom. The lowest BCUT2D eigenvalue weighted by Crippen LogP contribution is -2.42. The third kappa shape index (κ3) is 3.12. The molecule has 1 unspecified atom stereocenters. The number of amides is 1. The Labute approximate surface area is 130 Å². The van der Waals surface area contributed by atoms with E-state index in [0.717, 1.165) is 30.7 Å². The van der Waals surface area contributed by atoms with Crippen molar-refractivity contribution in [2.75, 3.05) is 13.1 Å². The molecule has 0 saturated carbocycles. The van der Waals surface area contributed by atoms with Crippen LogP contribution in [0.25, 0.3) is 0 Å². The first kappa shape index (κ1) is 14.6. The van der Waals surface area contributed by atoms with Gasteiger partial charge in [0.25, 0.3) is 0 Å². The van der Waals surface area contributed by atoms with Crippen molar-refractivity contribution in [2.45, 2.75) is 19.4 Å². The molecule has 1 heterocycles. The molecule has 0 aliphatic carbocycles. The number of hydroxylamine groups is 2. The van der Waals surface area contributed by atoms with E-state index in [2.05, 4.69) is 23.5 Å². The van der Waals surface area contributed by atoms with E-state index in [1.54, 1.807) is 0 Å². The van der Waals surface area contributed by atoms with E-state index < -0.39 is 0 Å². The van der Waals surface area contributed by atoms with Gasteiger partial charge in [0.05, 0.1) is 6.04 Å². The van der Waals surface area contributed by atoms with E-state index in [4.69, 9.17) is 4.84 Å². The maximum atomic E-state index is 10.7. The zero-order valence-corrected chi connectivity index (χ0v) is 12.7. The van der Waals surface area contributed by atoms with Crippen LogP contribution in [0.2, 0.25) is 0 Å². The molecule has 3 rings (SSSR count). The van der Waals surface area contributed by atoms with Crippen LogP contribution in [0.1, 0.15) is 22.7 Å². The van der Waals surface area contributed by atoms with Gasteiger partial charge in [-0.2, -0.15) is 0 Å². The van der Waals surface area contributed by atoms with Gasteiger partial charge in [0.1, 0.15) is 5.75 Å². The van der Waals surface area contributed by atoms with Gasteiger partial charge in [-0.15, -0.1) is 5.06 Å². The van der Waals surface area contributed by atoms with E-state index in [0.29, 0.717) is 6.54 Å². The highest BCUT2D eigenvalue weighted by molar-refractivity contribution is 5.46. The molecule has 114 valence electrons. The number of hydrogen-bond acceptors (Lipinski definition) is 3. The van der Waals surface area contributed by atoms with Crippen LogP contribution in [0.3, 0.4) is 0 Å². The Morgan fingerprint density at radius 3 is 2.95 bits per heavy atom. The average molecular weight is 296 g/mol. The molecular weight excluding hydrogens is 276 g/mol. The van der Waals surface area contributed by atoms with E-state index >= 15 is 0 Å². The van der Waals surface area contributed by atoms with Crippen molar-refractivity contribution < 1.29 is 9.63 Å². The zero-order valence-electron chi connectivity index (χ0n) is 12.7. The second kappa shape index (κ2) is 6.62. The highest BCUT2D eigenvalue weighted by Gasteiger charge is 2.28. The summed E-state index contributed by atoms with van der Waals surface area (Å²) in [5, 5.41) is 4.75. The van der Waals surface area contributed by atoms with Gasteiger partial charge in [-0.1, -0.05) is 36.4 Å². The number of carbonyl (C=O) groups is 1. The molecule has 1 N–H and O–H groups in total. The minimum absolute atomic E-state index is 0.0238. The van der Waals surface area contributed by atoms with Gasteiger partial charge in [-0.3, -0.25) is 4.79 Å². The Balaban J connectivity index is 1.85. The van der Waals surface area contributed by atoms with Crippen molar-refractivity contribution in [1.29, 1.82) is 0 Å². The molecule has 1 aliphatic heterocycles. The molecule has 0 fully saturated rings. The summed E-state index contributed by atoms with van der Waals surface area (Å²) in [7, 11) is 0. The Bertz CT molecular complexity index is 657. The predicted octanol–water partition coefficient (Wildman–Crippen LogP) is 2.63. The van der Waals surface area contributed by atoms with Crippen molar-refractivity contribution in [3.05, 3.63) is 65.2 Å². The smallest absolute Gasteiger partial charge is 0.207 e. The summed E-state index contributed by atoms with van der Waals surface area (Å²) in [5.74, 6) is 0.829. The number of carbonyl (C=O) groups excluding carboxylic acids is 1. The SMILES string of the molecule is Cc1cccc(ON2CCc3ccccc3C2CNC=O)c1. The minimum atomic E-state index is 0.0238. The van der Waals surface area contributed by atoms with Crippen LogP contribution in [0.4, 0.5) is 0 Å². The van der Waals surface area contributed by atoms with Crippen molar-refractivity contribution in [3.8, 4) is 5.75 Å². The van der Waals surface area contributed by atoms with Crippen LogP contribution in [0.5, 0.6) is 5.75 Å². The molecule has 4 heteroatoms. The van der Waals surface area contributed by atoms with E-state index in [1.807, 2.05) is 42.3 Å². The van der Waals surface area contributed by atoms with Gasteiger partial charge < -0.3 is 10.2 Å². The lowest BCUT2D eigenvalue weighted by atomic mass is 9.94. The maximum Gasteiger partial charge on any atom is 0.207 e. The topological polar surface area (TPSA) is 41.6 Å². The maximum absolute atomic E-state index is 10.7. The van der Waals surface area contributed by atoms with Crippen LogP contribution in [0.15, 0.2) is 48.5 Å². The molecule has 1 aliphatic rings. The van der Waals surface area contributed by atoms with Crippen LogP contribution in [-0.2, 0) is 11.2 Å². The average Bonchev–Trinajstić information content (AvgIpc) is 2.54. The summed E-state index contributed by atoms with van der Waals surface area (Å²) in [6, 6.07) is 16.4. The number of aryl methyl sites for hydroxylation is 1. The van der Waals surface area contributed by atoms with Gasteiger partial charge in [0, 0.05) is 13.1 Å². The summed E-state index contributed by atoms with van der Waals surface area (Å²) in [6.07, 6.45) is 1.68. The van der Waals surface area contributed by atoms with Crippen molar-refractivity contribution in [1.82, 2.24) is 10.4 Å². The summed E-state index contributed by atoms with van der Waals surface area (Å²) in [6.45, 7) is 3.38. The van der Waals surface area contributed by atoms with Gasteiger partial charge in [-0.05, 0) is 42.2 Å². The number of nitrogens with zero attached hydrogens (tertiary/aromatic N) is 1. The molecule has 2 aromatic carbocycles. The number of rotatable bonds is 5. The minimum Gasteiger partial charge on any atom is -0.405 e. The lowest BCUT2D eigenvalue weighted by molar-refractivity contribution is -0.114. The second-order valence-electron chi connectivity index (χ2n) is 5.54. The molecule has 0 spiro atoms. The molecular formula is C18H20N2O2. The fraction of sp³-hybridized carbons (Fsp3) is 0.278. The molecule has 0 radical (unpaired) electrons. The monoisotopic (exact) mass is 296 g/mol. The Hall–Kier alpha value is -2.33. The van der Waals surface area contributed by atoms with Crippen LogP contribution in [0, 0.1) is 6.92 Å². The summed E-state index contributed by atoms with van der Waals surface area (Å²) in [5.41, 5.74) is 3.71. The molecule has 4 nitrogen and oxygen atoms in total. The standard InChI is InChI=1S/C18H20N2O2/c1-14-5-4-7-16(11-14)22-20-10-9-15-6-2-3-8-17(15)18(20)12-19-13-21/h2-8,11,13,18H,9-10,12H2,1H3,(H,19,21). The first-order valence-corrected chi connectivity index (χ1v) is 7.54. The normalized spacial score (nSPS) is 17.6. The molecule has 0 aromatic heterocycles. The quantitative estimate of drug-likeness (QED) is 0.862. The molecule has 0 bridgehead atoms. The molecule has 0 saturated heterocycles. The van der Waals surface area contributed by atoms with Crippen LogP contribution in [-0.4, -0.2) is 24.6 Å². The third-order valence-corrected chi connectivity index (χ3v) is 3.97. The second-order valence-corrected chi connectivity index (χ2v) is 5.54. The highest BCUT2D eigenvalue weighted by Crippen LogP contribution is 2.30. The number of fused-ring (bicyclic) bond motifs is 1. The van der Waals surface area contributed by atoms with E-state index in [1.165, 1.54) is 11.1 Å². The largest absolute Gasteiger partial charge is 0.405 e. The molecule has 2 aromatic rings. The van der Waals surface area contributed by atoms with Gasteiger partial charge in [0.2, 0.25) is 6.41 Å². The lowest BCUT2D eigenvalue weighted by Gasteiger charge is -2.36. The van der Waals surface area contributed by atoms with E-state index in [9.17, 15) is 4.79 Å². The van der Waals surface area contributed by atoms with E-state index in [-0.39, 0.29) is 6.04 Å². The first-order chi connectivity index (χ1) is 10.8. The van der Waals surface area contributed by atoms with Gasteiger partial charge in [-0.25, -0.2) is 0 Å². The third-order valence-electron chi connectivity index (χ3n) is 3.97. The van der Waals surface area contributed by atoms with Crippen molar-refractivity contribution in [2.24, 2.45) is 0 Å². The fourth-order valence-corrected chi connectivity index (χ4v) is 2.92.